The molecule has 24 heavy (non-hydrogen) atoms. The Balaban J connectivity index is 1.66. The molecule has 0 radical (unpaired) electrons. The van der Waals surface area contributed by atoms with Gasteiger partial charge in [-0.2, -0.15) is 0 Å². The number of rotatable bonds is 6. The van der Waals surface area contributed by atoms with Crippen LogP contribution in [0, 0.1) is 0 Å². The standard InChI is InChI=1S/C17H24N4O3/c1-17(2,3)24-16(23)19-9-5-7-14(22)20-10-12-11-21-15-13(12)6-4-8-18-15/h4,6,8,11H,5,7,9-10H2,1-3H3,(H,18,21)(H,19,23)(H,20,22). The Bertz CT molecular complexity index is 703. The van der Waals surface area contributed by atoms with Crippen molar-refractivity contribution in [2.24, 2.45) is 0 Å². The van der Waals surface area contributed by atoms with Gasteiger partial charge in [-0.05, 0) is 44.9 Å². The maximum Gasteiger partial charge on any atom is 0.407 e. The molecular weight excluding hydrogens is 308 g/mol. The van der Waals surface area contributed by atoms with Crippen molar-refractivity contribution in [2.45, 2.75) is 45.8 Å². The van der Waals surface area contributed by atoms with Crippen molar-refractivity contribution in [3.8, 4) is 0 Å². The number of H-pyrrole nitrogens is 1. The molecule has 2 amide bonds. The van der Waals surface area contributed by atoms with Crippen molar-refractivity contribution in [2.75, 3.05) is 6.54 Å². The largest absolute Gasteiger partial charge is 0.444 e. The van der Waals surface area contributed by atoms with Gasteiger partial charge in [0.15, 0.2) is 0 Å². The number of nitrogens with zero attached hydrogens (tertiary/aromatic N) is 1. The number of pyridine rings is 1. The number of carbonyl (C=O) groups excluding carboxylic acids is 2. The summed E-state index contributed by atoms with van der Waals surface area (Å²) in [4.78, 5) is 30.6. The Labute approximate surface area is 141 Å². The molecule has 0 saturated heterocycles. The first-order chi connectivity index (χ1) is 11.3. The summed E-state index contributed by atoms with van der Waals surface area (Å²) in [5, 5.41) is 6.51. The fourth-order valence-corrected chi connectivity index (χ4v) is 2.19. The first-order valence-electron chi connectivity index (χ1n) is 8.00. The summed E-state index contributed by atoms with van der Waals surface area (Å²) < 4.78 is 5.12. The number of hydrogen-bond acceptors (Lipinski definition) is 4. The quantitative estimate of drug-likeness (QED) is 0.708. The van der Waals surface area contributed by atoms with Gasteiger partial charge in [0, 0.05) is 37.3 Å². The number of hydrogen-bond donors (Lipinski definition) is 3. The van der Waals surface area contributed by atoms with Crippen molar-refractivity contribution in [3.05, 3.63) is 30.1 Å². The van der Waals surface area contributed by atoms with Gasteiger partial charge in [-0.15, -0.1) is 0 Å². The number of ether oxygens (including phenoxy) is 1. The third-order valence-corrected chi connectivity index (χ3v) is 3.26. The van der Waals surface area contributed by atoms with Gasteiger partial charge in [-0.25, -0.2) is 9.78 Å². The van der Waals surface area contributed by atoms with Crippen LogP contribution >= 0.6 is 0 Å². The molecule has 7 nitrogen and oxygen atoms in total. The van der Waals surface area contributed by atoms with Crippen molar-refractivity contribution >= 4 is 23.0 Å². The maximum atomic E-state index is 11.9. The lowest BCUT2D eigenvalue weighted by molar-refractivity contribution is -0.121. The Morgan fingerprint density at radius 3 is 2.83 bits per heavy atom. The average Bonchev–Trinajstić information content (AvgIpc) is 2.91. The highest BCUT2D eigenvalue weighted by atomic mass is 16.6. The van der Waals surface area contributed by atoms with Crippen molar-refractivity contribution in [1.82, 2.24) is 20.6 Å². The number of nitrogens with one attached hydrogen (secondary N) is 3. The van der Waals surface area contributed by atoms with Gasteiger partial charge in [-0.1, -0.05) is 0 Å². The molecule has 0 unspecified atom stereocenters. The van der Waals surface area contributed by atoms with Crippen LogP contribution in [0.1, 0.15) is 39.2 Å². The topological polar surface area (TPSA) is 96.1 Å². The second kappa shape index (κ2) is 7.81. The van der Waals surface area contributed by atoms with Gasteiger partial charge in [0.1, 0.15) is 11.2 Å². The molecule has 0 atom stereocenters. The summed E-state index contributed by atoms with van der Waals surface area (Å²) in [6, 6.07) is 3.83. The van der Waals surface area contributed by atoms with E-state index in [1.165, 1.54) is 0 Å². The number of fused-ring (bicyclic) bond motifs is 1. The second-order valence-electron chi connectivity index (χ2n) is 6.52. The molecule has 0 aliphatic heterocycles. The van der Waals surface area contributed by atoms with Crippen LogP contribution in [-0.2, 0) is 16.1 Å². The molecule has 0 spiro atoms. The van der Waals surface area contributed by atoms with Gasteiger partial charge < -0.3 is 20.4 Å². The van der Waals surface area contributed by atoms with E-state index in [1.807, 2.05) is 18.3 Å². The SMILES string of the molecule is CC(C)(C)OC(=O)NCCCC(=O)NCc1c[nH]c2ncccc12. The van der Waals surface area contributed by atoms with Crippen molar-refractivity contribution < 1.29 is 14.3 Å². The first-order valence-corrected chi connectivity index (χ1v) is 8.00. The van der Waals surface area contributed by atoms with E-state index in [0.717, 1.165) is 16.6 Å². The molecule has 2 heterocycles. The van der Waals surface area contributed by atoms with Crippen LogP contribution in [0.15, 0.2) is 24.5 Å². The molecule has 0 aromatic carbocycles. The highest BCUT2D eigenvalue weighted by Crippen LogP contribution is 2.15. The summed E-state index contributed by atoms with van der Waals surface area (Å²) in [5.74, 6) is -0.0563. The number of aromatic nitrogens is 2. The zero-order chi connectivity index (χ0) is 17.6. The molecule has 7 heteroatoms. The monoisotopic (exact) mass is 332 g/mol. The number of alkyl carbamates (subject to hydrolysis) is 1. The highest BCUT2D eigenvalue weighted by molar-refractivity contribution is 5.81. The zero-order valence-corrected chi connectivity index (χ0v) is 14.3. The molecule has 2 aromatic heterocycles. The minimum atomic E-state index is -0.518. The third-order valence-electron chi connectivity index (χ3n) is 3.26. The van der Waals surface area contributed by atoms with Gasteiger partial charge in [0.25, 0.3) is 0 Å². The van der Waals surface area contributed by atoms with E-state index in [2.05, 4.69) is 20.6 Å². The van der Waals surface area contributed by atoms with Gasteiger partial charge >= 0.3 is 6.09 Å². The van der Waals surface area contributed by atoms with Crippen molar-refractivity contribution in [1.29, 1.82) is 0 Å². The van der Waals surface area contributed by atoms with E-state index >= 15 is 0 Å². The van der Waals surface area contributed by atoms with Crippen LogP contribution in [0.25, 0.3) is 11.0 Å². The van der Waals surface area contributed by atoms with E-state index in [0.29, 0.717) is 25.9 Å². The minimum Gasteiger partial charge on any atom is -0.444 e. The van der Waals surface area contributed by atoms with Crippen LogP contribution < -0.4 is 10.6 Å². The molecule has 0 aliphatic carbocycles. The molecule has 2 rings (SSSR count). The number of aromatic amines is 1. The van der Waals surface area contributed by atoms with Crippen LogP contribution in [0.4, 0.5) is 4.79 Å². The van der Waals surface area contributed by atoms with E-state index in [1.54, 1.807) is 27.0 Å². The summed E-state index contributed by atoms with van der Waals surface area (Å²) in [7, 11) is 0. The molecule has 3 N–H and O–H groups in total. The maximum absolute atomic E-state index is 11.9. The fraction of sp³-hybridized carbons (Fsp3) is 0.471. The van der Waals surface area contributed by atoms with Gasteiger partial charge in [0.2, 0.25) is 5.91 Å². The Morgan fingerprint density at radius 1 is 1.29 bits per heavy atom. The molecule has 0 saturated carbocycles. The first kappa shape index (κ1) is 17.8. The second-order valence-corrected chi connectivity index (χ2v) is 6.52. The predicted molar refractivity (Wildman–Crippen MR) is 91.4 cm³/mol. The molecule has 130 valence electrons. The fourth-order valence-electron chi connectivity index (χ4n) is 2.19. The summed E-state index contributed by atoms with van der Waals surface area (Å²) in [5.41, 5.74) is 1.29. The van der Waals surface area contributed by atoms with Crippen LogP contribution in [0.2, 0.25) is 0 Å². The molecular formula is C17H24N4O3. The van der Waals surface area contributed by atoms with Gasteiger partial charge in [0.05, 0.1) is 0 Å². The number of carbonyl (C=O) groups is 2. The lowest BCUT2D eigenvalue weighted by Gasteiger charge is -2.19. The molecule has 0 bridgehead atoms. The Kier molecular flexibility index (Phi) is 5.78. The number of amides is 2. The lowest BCUT2D eigenvalue weighted by atomic mass is 10.2. The van der Waals surface area contributed by atoms with Crippen LogP contribution in [-0.4, -0.2) is 34.1 Å². The van der Waals surface area contributed by atoms with Crippen molar-refractivity contribution in [3.63, 3.8) is 0 Å². The molecule has 0 aliphatic rings. The lowest BCUT2D eigenvalue weighted by Crippen LogP contribution is -2.33. The van der Waals surface area contributed by atoms with Gasteiger partial charge in [-0.3, -0.25) is 4.79 Å². The van der Waals surface area contributed by atoms with E-state index in [-0.39, 0.29) is 5.91 Å². The van der Waals surface area contributed by atoms with E-state index < -0.39 is 11.7 Å². The Morgan fingerprint density at radius 2 is 2.08 bits per heavy atom. The zero-order valence-electron chi connectivity index (χ0n) is 14.3. The summed E-state index contributed by atoms with van der Waals surface area (Å²) in [6.07, 6.45) is 4.01. The average molecular weight is 332 g/mol. The predicted octanol–water partition coefficient (Wildman–Crippen LogP) is 2.48. The van der Waals surface area contributed by atoms with Crippen LogP contribution in [0.5, 0.6) is 0 Å². The summed E-state index contributed by atoms with van der Waals surface area (Å²) >= 11 is 0. The third kappa shape index (κ3) is 5.57. The highest BCUT2D eigenvalue weighted by Gasteiger charge is 2.15. The normalized spacial score (nSPS) is 11.3. The van der Waals surface area contributed by atoms with E-state index in [4.69, 9.17) is 4.74 Å². The summed E-state index contributed by atoms with van der Waals surface area (Å²) in [6.45, 7) is 6.27. The molecule has 2 aromatic rings. The van der Waals surface area contributed by atoms with E-state index in [9.17, 15) is 9.59 Å². The van der Waals surface area contributed by atoms with Crippen LogP contribution in [0.3, 0.4) is 0 Å². The smallest absolute Gasteiger partial charge is 0.407 e. The molecule has 0 fully saturated rings. The Hall–Kier alpha value is -2.57. The minimum absolute atomic E-state index is 0.0563.